The van der Waals surface area contributed by atoms with Gasteiger partial charge in [-0.05, 0) is 43.9 Å². The Kier molecular flexibility index (Phi) is 6.27. The van der Waals surface area contributed by atoms with Gasteiger partial charge in [-0.2, -0.15) is 0 Å². The minimum atomic E-state index is -3.43. The van der Waals surface area contributed by atoms with Crippen molar-refractivity contribution >= 4 is 21.6 Å². The average molecular weight is 353 g/mol. The van der Waals surface area contributed by atoms with Gasteiger partial charge >= 0.3 is 0 Å². The topological polar surface area (TPSA) is 57.7 Å². The van der Waals surface area contributed by atoms with Crippen LogP contribution in [0.15, 0.2) is 18.2 Å². The molecule has 1 heterocycles. The number of hydrogen-bond acceptors (Lipinski definition) is 3. The number of carbonyl (C=O) groups is 1. The van der Waals surface area contributed by atoms with Gasteiger partial charge in [-0.1, -0.05) is 25.0 Å². The molecule has 0 spiro atoms. The summed E-state index contributed by atoms with van der Waals surface area (Å²) in [5, 5.41) is 0. The van der Waals surface area contributed by atoms with Crippen LogP contribution in [0.2, 0.25) is 0 Å². The van der Waals surface area contributed by atoms with Crippen LogP contribution in [0.4, 0.5) is 5.69 Å². The first-order valence-electron chi connectivity index (χ1n) is 8.62. The quantitative estimate of drug-likeness (QED) is 0.819. The van der Waals surface area contributed by atoms with Gasteiger partial charge in [-0.3, -0.25) is 9.10 Å². The molecular formula is C18H28N2O3S. The molecule has 0 N–H and O–H groups in total. The van der Waals surface area contributed by atoms with Gasteiger partial charge in [0.25, 0.3) is 0 Å². The van der Waals surface area contributed by atoms with Gasteiger partial charge in [-0.15, -0.1) is 0 Å². The van der Waals surface area contributed by atoms with Gasteiger partial charge in [0.05, 0.1) is 11.9 Å². The maximum Gasteiger partial charge on any atom is 0.232 e. The Hall–Kier alpha value is -1.56. The van der Waals surface area contributed by atoms with Gasteiger partial charge < -0.3 is 4.90 Å². The zero-order valence-electron chi connectivity index (χ0n) is 14.9. The Balaban J connectivity index is 2.13. The minimum absolute atomic E-state index is 0.0517. The van der Waals surface area contributed by atoms with Crippen molar-refractivity contribution in [3.8, 4) is 0 Å². The molecule has 1 saturated heterocycles. The van der Waals surface area contributed by atoms with E-state index in [2.05, 4.69) is 0 Å². The molecule has 0 radical (unpaired) electrons. The van der Waals surface area contributed by atoms with Crippen LogP contribution in [0.3, 0.4) is 0 Å². The summed E-state index contributed by atoms with van der Waals surface area (Å²) >= 11 is 0. The molecule has 1 amide bonds. The monoisotopic (exact) mass is 352 g/mol. The van der Waals surface area contributed by atoms with Gasteiger partial charge in [0.1, 0.15) is 0 Å². The zero-order chi connectivity index (χ0) is 17.7. The van der Waals surface area contributed by atoms with Crippen molar-refractivity contribution in [3.63, 3.8) is 0 Å². The van der Waals surface area contributed by atoms with E-state index >= 15 is 0 Å². The summed E-state index contributed by atoms with van der Waals surface area (Å²) in [7, 11) is -3.43. The van der Waals surface area contributed by atoms with Crippen molar-refractivity contribution in [2.75, 3.05) is 30.2 Å². The standard InChI is InChI=1S/C18H28N2O3S/c1-15-9-8-10-17(16(15)2)20(24(3,22)23)14-11-18(21)19-12-6-4-5-7-13-19/h8-10H,4-7,11-14H2,1-3H3. The number of rotatable bonds is 5. The Bertz CT molecular complexity index is 678. The fourth-order valence-electron chi connectivity index (χ4n) is 3.15. The molecule has 6 heteroatoms. The molecular weight excluding hydrogens is 324 g/mol. The highest BCUT2D eigenvalue weighted by atomic mass is 32.2. The van der Waals surface area contributed by atoms with Gasteiger partial charge in [0.2, 0.25) is 15.9 Å². The predicted molar refractivity (Wildman–Crippen MR) is 97.8 cm³/mol. The molecule has 0 aromatic heterocycles. The molecule has 2 rings (SSSR count). The van der Waals surface area contributed by atoms with Crippen LogP contribution in [0, 0.1) is 13.8 Å². The third-order valence-electron chi connectivity index (χ3n) is 4.73. The highest BCUT2D eigenvalue weighted by molar-refractivity contribution is 7.92. The fraction of sp³-hybridized carbons (Fsp3) is 0.611. The van der Waals surface area contributed by atoms with Gasteiger partial charge in [0.15, 0.2) is 0 Å². The van der Waals surface area contributed by atoms with E-state index in [9.17, 15) is 13.2 Å². The predicted octanol–water partition coefficient (Wildman–Crippen LogP) is 2.86. The van der Waals surface area contributed by atoms with Crippen molar-refractivity contribution < 1.29 is 13.2 Å². The molecule has 1 aromatic rings. The minimum Gasteiger partial charge on any atom is -0.343 e. The van der Waals surface area contributed by atoms with Crippen LogP contribution in [-0.4, -0.2) is 45.1 Å². The van der Waals surface area contributed by atoms with E-state index in [0.29, 0.717) is 5.69 Å². The Morgan fingerprint density at radius 2 is 1.75 bits per heavy atom. The molecule has 134 valence electrons. The SMILES string of the molecule is Cc1cccc(N(CCC(=O)N2CCCCCC2)S(C)(=O)=O)c1C. The molecule has 0 bridgehead atoms. The van der Waals surface area contributed by atoms with Crippen LogP contribution in [0.1, 0.15) is 43.2 Å². The van der Waals surface area contributed by atoms with E-state index in [1.54, 1.807) is 6.07 Å². The smallest absolute Gasteiger partial charge is 0.232 e. The van der Waals surface area contributed by atoms with Crippen LogP contribution >= 0.6 is 0 Å². The van der Waals surface area contributed by atoms with Crippen LogP contribution in [0.25, 0.3) is 0 Å². The normalized spacial score (nSPS) is 15.9. The number of amides is 1. The van der Waals surface area contributed by atoms with E-state index in [4.69, 9.17) is 0 Å². The van der Waals surface area contributed by atoms with E-state index in [1.807, 2.05) is 30.9 Å². The van der Waals surface area contributed by atoms with Crippen LogP contribution < -0.4 is 4.31 Å². The van der Waals surface area contributed by atoms with E-state index < -0.39 is 10.0 Å². The highest BCUT2D eigenvalue weighted by Gasteiger charge is 2.22. The number of likely N-dealkylation sites (tertiary alicyclic amines) is 1. The number of anilines is 1. The van der Waals surface area contributed by atoms with Crippen LogP contribution in [0.5, 0.6) is 0 Å². The number of nitrogens with zero attached hydrogens (tertiary/aromatic N) is 2. The maximum atomic E-state index is 12.5. The number of aryl methyl sites for hydroxylation is 1. The number of hydrogen-bond donors (Lipinski definition) is 0. The molecule has 0 saturated carbocycles. The maximum absolute atomic E-state index is 12.5. The van der Waals surface area contributed by atoms with Crippen molar-refractivity contribution in [3.05, 3.63) is 29.3 Å². The molecule has 1 aliphatic heterocycles. The van der Waals surface area contributed by atoms with Gasteiger partial charge in [0, 0.05) is 26.1 Å². The summed E-state index contributed by atoms with van der Waals surface area (Å²) in [5.41, 5.74) is 2.64. The van der Waals surface area contributed by atoms with E-state index in [1.165, 1.54) is 23.4 Å². The largest absolute Gasteiger partial charge is 0.343 e. The Morgan fingerprint density at radius 1 is 1.12 bits per heavy atom. The summed E-state index contributed by atoms with van der Waals surface area (Å²) in [6.45, 7) is 5.65. The third kappa shape index (κ3) is 4.72. The third-order valence-corrected chi connectivity index (χ3v) is 5.91. The molecule has 1 aliphatic rings. The van der Waals surface area contributed by atoms with Gasteiger partial charge in [-0.25, -0.2) is 8.42 Å². The molecule has 0 unspecified atom stereocenters. The molecule has 1 aromatic carbocycles. The Morgan fingerprint density at radius 3 is 2.33 bits per heavy atom. The summed E-state index contributed by atoms with van der Waals surface area (Å²) in [4.78, 5) is 14.4. The zero-order valence-corrected chi connectivity index (χ0v) is 15.7. The second-order valence-corrected chi connectivity index (χ2v) is 8.51. The first-order chi connectivity index (χ1) is 11.3. The summed E-state index contributed by atoms with van der Waals surface area (Å²) < 4.78 is 25.8. The molecule has 0 aliphatic carbocycles. The average Bonchev–Trinajstić information content (AvgIpc) is 2.79. The molecule has 5 nitrogen and oxygen atoms in total. The van der Waals surface area contributed by atoms with Crippen molar-refractivity contribution in [1.29, 1.82) is 0 Å². The lowest BCUT2D eigenvalue weighted by Gasteiger charge is -2.26. The Labute approximate surface area is 145 Å². The molecule has 1 fully saturated rings. The lowest BCUT2D eigenvalue weighted by Crippen LogP contribution is -2.37. The number of carbonyl (C=O) groups excluding carboxylic acids is 1. The number of benzene rings is 1. The summed E-state index contributed by atoms with van der Waals surface area (Å²) in [6.07, 6.45) is 5.84. The second-order valence-electron chi connectivity index (χ2n) is 6.60. The summed E-state index contributed by atoms with van der Waals surface area (Å²) in [5.74, 6) is 0.0517. The van der Waals surface area contributed by atoms with E-state index in [0.717, 1.165) is 37.1 Å². The van der Waals surface area contributed by atoms with Crippen LogP contribution in [-0.2, 0) is 14.8 Å². The van der Waals surface area contributed by atoms with E-state index in [-0.39, 0.29) is 18.9 Å². The summed E-state index contributed by atoms with van der Waals surface area (Å²) in [6, 6.07) is 5.62. The first-order valence-corrected chi connectivity index (χ1v) is 10.5. The second kappa shape index (κ2) is 8.01. The number of sulfonamides is 1. The fourth-order valence-corrected chi connectivity index (χ4v) is 4.12. The van der Waals surface area contributed by atoms with Crippen molar-refractivity contribution in [1.82, 2.24) is 4.90 Å². The lowest BCUT2D eigenvalue weighted by molar-refractivity contribution is -0.130. The molecule has 24 heavy (non-hydrogen) atoms. The first kappa shape index (κ1) is 18.8. The molecule has 0 atom stereocenters. The lowest BCUT2D eigenvalue weighted by atomic mass is 10.1. The van der Waals surface area contributed by atoms with Crippen molar-refractivity contribution in [2.45, 2.75) is 46.0 Å². The van der Waals surface area contributed by atoms with Crippen molar-refractivity contribution in [2.24, 2.45) is 0 Å². The highest BCUT2D eigenvalue weighted by Crippen LogP contribution is 2.25.